The van der Waals surface area contributed by atoms with Crippen LogP contribution in [-0.4, -0.2) is 15.1 Å². The van der Waals surface area contributed by atoms with Gasteiger partial charge in [0.2, 0.25) is 0 Å². The lowest BCUT2D eigenvalue weighted by atomic mass is 10.2. The monoisotopic (exact) mass is 259 g/mol. The highest BCUT2D eigenvalue weighted by atomic mass is 79.9. The Balaban J connectivity index is 2.82. The first-order chi connectivity index (χ1) is 6.59. The molecule has 0 saturated heterocycles. The molecule has 1 N–H and O–H groups in total. The number of aromatic nitrogens is 2. The minimum atomic E-state index is -0.688. The zero-order valence-corrected chi connectivity index (χ0v) is 8.21. The molecule has 0 amide bonds. The molecule has 0 radical (unpaired) electrons. The van der Waals surface area contributed by atoms with Crippen molar-refractivity contribution < 1.29 is 9.31 Å². The predicted molar refractivity (Wildman–Crippen MR) is 50.4 cm³/mol. The SMILES string of the molecule is O=[N+]([O-])c1cc(F)c2[nH]nc(Br)c2c1. The Morgan fingerprint density at radius 3 is 2.93 bits per heavy atom. The number of benzene rings is 1. The van der Waals surface area contributed by atoms with E-state index in [0.29, 0.717) is 9.99 Å². The Kier molecular flexibility index (Phi) is 1.95. The molecule has 14 heavy (non-hydrogen) atoms. The smallest absolute Gasteiger partial charge is 0.273 e. The molecule has 2 aromatic rings. The zero-order valence-electron chi connectivity index (χ0n) is 6.62. The number of aromatic amines is 1. The maximum Gasteiger partial charge on any atom is 0.273 e. The van der Waals surface area contributed by atoms with Gasteiger partial charge in [0, 0.05) is 11.5 Å². The van der Waals surface area contributed by atoms with Crippen molar-refractivity contribution in [3.8, 4) is 0 Å². The first-order valence-corrected chi connectivity index (χ1v) is 4.36. The van der Waals surface area contributed by atoms with E-state index in [1.807, 2.05) is 0 Å². The van der Waals surface area contributed by atoms with Crippen molar-refractivity contribution in [1.29, 1.82) is 0 Å². The van der Waals surface area contributed by atoms with E-state index in [4.69, 9.17) is 0 Å². The number of hydrogen-bond acceptors (Lipinski definition) is 3. The minimum absolute atomic E-state index is 0.155. The van der Waals surface area contributed by atoms with Crippen molar-refractivity contribution in [3.05, 3.63) is 32.7 Å². The van der Waals surface area contributed by atoms with E-state index < -0.39 is 10.7 Å². The zero-order chi connectivity index (χ0) is 10.3. The molecule has 72 valence electrons. The lowest BCUT2D eigenvalue weighted by molar-refractivity contribution is -0.384. The highest BCUT2D eigenvalue weighted by molar-refractivity contribution is 9.10. The van der Waals surface area contributed by atoms with Gasteiger partial charge in [-0.05, 0) is 15.9 Å². The van der Waals surface area contributed by atoms with Gasteiger partial charge in [-0.3, -0.25) is 15.2 Å². The van der Waals surface area contributed by atoms with Gasteiger partial charge in [-0.25, -0.2) is 4.39 Å². The first-order valence-electron chi connectivity index (χ1n) is 3.57. The van der Waals surface area contributed by atoms with Gasteiger partial charge in [-0.2, -0.15) is 5.10 Å². The number of nitrogens with zero attached hydrogens (tertiary/aromatic N) is 2. The summed E-state index contributed by atoms with van der Waals surface area (Å²) in [6.07, 6.45) is 0. The van der Waals surface area contributed by atoms with Gasteiger partial charge in [-0.1, -0.05) is 0 Å². The van der Waals surface area contributed by atoms with Crippen LogP contribution in [0.4, 0.5) is 10.1 Å². The van der Waals surface area contributed by atoms with E-state index in [9.17, 15) is 14.5 Å². The molecule has 1 aromatic carbocycles. The summed E-state index contributed by atoms with van der Waals surface area (Å²) in [5, 5.41) is 16.9. The summed E-state index contributed by atoms with van der Waals surface area (Å²) in [5.41, 5.74) is -0.139. The molecule has 0 aliphatic heterocycles. The van der Waals surface area contributed by atoms with Gasteiger partial charge in [0.1, 0.15) is 10.1 Å². The lowest BCUT2D eigenvalue weighted by Crippen LogP contribution is -1.89. The van der Waals surface area contributed by atoms with Gasteiger partial charge in [0.05, 0.1) is 11.0 Å². The van der Waals surface area contributed by atoms with Crippen LogP contribution in [0, 0.1) is 15.9 Å². The van der Waals surface area contributed by atoms with Crippen LogP contribution in [0.1, 0.15) is 0 Å². The summed E-state index contributed by atoms with van der Waals surface area (Å²) in [4.78, 5) is 9.77. The number of nitrogens with one attached hydrogen (secondary N) is 1. The molecule has 0 saturated carbocycles. The summed E-state index contributed by atoms with van der Waals surface area (Å²) in [5.74, 6) is -0.688. The number of H-pyrrole nitrogens is 1. The van der Waals surface area contributed by atoms with E-state index in [0.717, 1.165) is 6.07 Å². The Labute approximate surface area is 85.2 Å². The number of rotatable bonds is 1. The van der Waals surface area contributed by atoms with Crippen molar-refractivity contribution in [1.82, 2.24) is 10.2 Å². The Bertz CT molecular complexity index is 525. The molecule has 0 unspecified atom stereocenters. The first kappa shape index (κ1) is 9.07. The average molecular weight is 260 g/mol. The maximum absolute atomic E-state index is 13.2. The quantitative estimate of drug-likeness (QED) is 0.631. The Morgan fingerprint density at radius 2 is 2.29 bits per heavy atom. The third kappa shape index (κ3) is 1.25. The summed E-state index contributed by atoms with van der Waals surface area (Å²) < 4.78 is 13.6. The van der Waals surface area contributed by atoms with Crippen LogP contribution >= 0.6 is 15.9 Å². The van der Waals surface area contributed by atoms with Crippen molar-refractivity contribution in [2.75, 3.05) is 0 Å². The van der Waals surface area contributed by atoms with Crippen LogP contribution in [0.5, 0.6) is 0 Å². The largest absolute Gasteiger partial charge is 0.274 e. The predicted octanol–water partition coefficient (Wildman–Crippen LogP) is 2.37. The number of nitro groups is 1. The van der Waals surface area contributed by atoms with Gasteiger partial charge < -0.3 is 0 Å². The summed E-state index contributed by atoms with van der Waals surface area (Å²) >= 11 is 3.05. The van der Waals surface area contributed by atoms with E-state index in [-0.39, 0.29) is 11.2 Å². The third-order valence-corrected chi connectivity index (χ3v) is 2.38. The maximum atomic E-state index is 13.2. The standard InChI is InChI=1S/C7H3BrFN3O2/c8-7-4-1-3(12(13)14)2-5(9)6(4)10-11-7/h1-2H,(H,10,11). The van der Waals surface area contributed by atoms with Crippen LogP contribution in [0.25, 0.3) is 10.9 Å². The molecule has 0 aliphatic rings. The Hall–Kier alpha value is -1.50. The van der Waals surface area contributed by atoms with E-state index in [1.165, 1.54) is 6.07 Å². The third-order valence-electron chi connectivity index (χ3n) is 1.77. The van der Waals surface area contributed by atoms with Crippen molar-refractivity contribution >= 4 is 32.5 Å². The summed E-state index contributed by atoms with van der Waals surface area (Å²) in [6.45, 7) is 0. The molecule has 7 heteroatoms. The second-order valence-corrected chi connectivity index (χ2v) is 3.37. The van der Waals surface area contributed by atoms with Gasteiger partial charge in [0.15, 0.2) is 5.82 Å². The molecule has 0 spiro atoms. The fourth-order valence-corrected chi connectivity index (χ4v) is 1.54. The lowest BCUT2D eigenvalue weighted by Gasteiger charge is -1.93. The molecular weight excluding hydrogens is 257 g/mol. The van der Waals surface area contributed by atoms with Crippen molar-refractivity contribution in [3.63, 3.8) is 0 Å². The summed E-state index contributed by atoms with van der Waals surface area (Å²) in [6, 6.07) is 2.11. The van der Waals surface area contributed by atoms with Crippen LogP contribution in [0.3, 0.4) is 0 Å². The highest BCUT2D eigenvalue weighted by Crippen LogP contribution is 2.27. The molecule has 0 atom stereocenters. The van der Waals surface area contributed by atoms with E-state index in [1.54, 1.807) is 0 Å². The molecule has 0 fully saturated rings. The number of non-ortho nitro benzene ring substituents is 1. The number of fused-ring (bicyclic) bond motifs is 1. The molecular formula is C7H3BrFN3O2. The van der Waals surface area contributed by atoms with Crippen LogP contribution in [0.15, 0.2) is 16.7 Å². The normalized spacial score (nSPS) is 10.7. The second-order valence-electron chi connectivity index (χ2n) is 2.62. The second kappa shape index (κ2) is 3.02. The number of nitro benzene ring substituents is 1. The molecule has 2 rings (SSSR count). The van der Waals surface area contributed by atoms with E-state index in [2.05, 4.69) is 26.1 Å². The number of halogens is 2. The average Bonchev–Trinajstić information content (AvgIpc) is 2.48. The number of hydrogen-bond donors (Lipinski definition) is 1. The molecule has 0 aliphatic carbocycles. The molecule has 1 heterocycles. The van der Waals surface area contributed by atoms with Gasteiger partial charge >= 0.3 is 0 Å². The molecule has 0 bridgehead atoms. The van der Waals surface area contributed by atoms with Crippen LogP contribution in [0.2, 0.25) is 0 Å². The highest BCUT2D eigenvalue weighted by Gasteiger charge is 2.15. The van der Waals surface area contributed by atoms with E-state index >= 15 is 0 Å². The molecule has 1 aromatic heterocycles. The topological polar surface area (TPSA) is 71.8 Å². The Morgan fingerprint density at radius 1 is 1.57 bits per heavy atom. The summed E-state index contributed by atoms with van der Waals surface area (Å²) in [7, 11) is 0. The molecule has 5 nitrogen and oxygen atoms in total. The minimum Gasteiger partial charge on any atom is -0.274 e. The van der Waals surface area contributed by atoms with Crippen LogP contribution < -0.4 is 0 Å². The van der Waals surface area contributed by atoms with Crippen molar-refractivity contribution in [2.24, 2.45) is 0 Å². The fourth-order valence-electron chi connectivity index (χ4n) is 1.14. The fraction of sp³-hybridized carbons (Fsp3) is 0. The van der Waals surface area contributed by atoms with Gasteiger partial charge in [-0.15, -0.1) is 0 Å². The van der Waals surface area contributed by atoms with Gasteiger partial charge in [0.25, 0.3) is 5.69 Å². The van der Waals surface area contributed by atoms with Crippen molar-refractivity contribution in [2.45, 2.75) is 0 Å². The van der Waals surface area contributed by atoms with Crippen LogP contribution in [-0.2, 0) is 0 Å².